The summed E-state index contributed by atoms with van der Waals surface area (Å²) in [4.78, 5) is 34.2. The van der Waals surface area contributed by atoms with Gasteiger partial charge in [0.25, 0.3) is 5.91 Å². The lowest BCUT2D eigenvalue weighted by Crippen LogP contribution is -2.33. The number of aliphatic hydroxyl groups is 1. The Kier molecular flexibility index (Phi) is 7.55. The van der Waals surface area contributed by atoms with Gasteiger partial charge in [0.15, 0.2) is 0 Å². The van der Waals surface area contributed by atoms with Gasteiger partial charge in [-0.15, -0.1) is 0 Å². The first-order valence-electron chi connectivity index (χ1n) is 10.6. The van der Waals surface area contributed by atoms with Crippen LogP contribution in [0.3, 0.4) is 0 Å². The van der Waals surface area contributed by atoms with E-state index in [1.165, 1.54) is 18.2 Å². The largest absolute Gasteiger partial charge is 0.444 e. The molecular weight excluding hydrogens is 427 g/mol. The predicted molar refractivity (Wildman–Crippen MR) is 122 cm³/mol. The van der Waals surface area contributed by atoms with Crippen LogP contribution in [0.25, 0.3) is 22.2 Å². The zero-order valence-corrected chi connectivity index (χ0v) is 18.8. The lowest BCUT2D eigenvalue weighted by atomic mass is 9.95. The number of alkyl carbamates (subject to hydrolysis) is 1. The highest BCUT2D eigenvalue weighted by Crippen LogP contribution is 2.32. The van der Waals surface area contributed by atoms with Crippen molar-refractivity contribution in [1.82, 2.24) is 20.6 Å². The van der Waals surface area contributed by atoms with E-state index in [0.29, 0.717) is 27.9 Å². The first-order valence-corrected chi connectivity index (χ1v) is 10.6. The van der Waals surface area contributed by atoms with Gasteiger partial charge in [0, 0.05) is 36.7 Å². The fourth-order valence-electron chi connectivity index (χ4n) is 3.34. The highest BCUT2D eigenvalue weighted by molar-refractivity contribution is 6.11. The first kappa shape index (κ1) is 24.1. The van der Waals surface area contributed by atoms with Crippen LogP contribution >= 0.6 is 0 Å². The fourth-order valence-corrected chi connectivity index (χ4v) is 3.34. The van der Waals surface area contributed by atoms with Gasteiger partial charge in [0.05, 0.1) is 29.1 Å². The average molecular weight is 455 g/mol. The van der Waals surface area contributed by atoms with Crippen molar-refractivity contribution in [3.63, 3.8) is 0 Å². The summed E-state index contributed by atoms with van der Waals surface area (Å²) in [6.07, 6.45) is 1.30. The molecule has 0 aliphatic heterocycles. The van der Waals surface area contributed by atoms with E-state index in [1.54, 1.807) is 45.2 Å². The summed E-state index contributed by atoms with van der Waals surface area (Å²) in [7, 11) is 0. The molecule has 0 unspecified atom stereocenters. The normalized spacial score (nSPS) is 11.3. The van der Waals surface area contributed by atoms with E-state index < -0.39 is 23.4 Å². The standard InChI is InChI=1S/C24H27FN4O4/c1-24(2,3)33-23(32)28-11-9-19-21(18-6-4-5-10-26-18)20(22(31)27-12-13-30)16-14-15(25)7-8-17(16)29-19/h4-8,10,14,30H,9,11-13H2,1-3H3,(H,27,31)(H,28,32). The molecule has 3 aromatic rings. The van der Waals surface area contributed by atoms with Crippen LogP contribution in [0.4, 0.5) is 9.18 Å². The summed E-state index contributed by atoms with van der Waals surface area (Å²) in [6.45, 7) is 5.31. The second kappa shape index (κ2) is 10.4. The first-order chi connectivity index (χ1) is 15.7. The number of carbonyl (C=O) groups is 2. The van der Waals surface area contributed by atoms with Crippen molar-refractivity contribution in [2.45, 2.75) is 32.8 Å². The van der Waals surface area contributed by atoms with Gasteiger partial charge in [-0.3, -0.25) is 14.8 Å². The van der Waals surface area contributed by atoms with Crippen LogP contribution in [0.2, 0.25) is 0 Å². The molecule has 0 aliphatic carbocycles. The zero-order valence-electron chi connectivity index (χ0n) is 18.8. The molecular formula is C24H27FN4O4. The Labute approximate surface area is 191 Å². The number of rotatable bonds is 7. The third-order valence-electron chi connectivity index (χ3n) is 4.60. The summed E-state index contributed by atoms with van der Waals surface area (Å²) in [6, 6.07) is 9.28. The van der Waals surface area contributed by atoms with E-state index in [4.69, 9.17) is 9.84 Å². The number of benzene rings is 1. The van der Waals surface area contributed by atoms with Gasteiger partial charge >= 0.3 is 6.09 Å². The van der Waals surface area contributed by atoms with E-state index in [-0.39, 0.29) is 31.7 Å². The number of amides is 2. The third-order valence-corrected chi connectivity index (χ3v) is 4.60. The molecule has 2 heterocycles. The van der Waals surface area contributed by atoms with Crippen LogP contribution in [0.15, 0.2) is 42.6 Å². The third kappa shape index (κ3) is 6.23. The van der Waals surface area contributed by atoms with Gasteiger partial charge in [-0.25, -0.2) is 9.18 Å². The number of carbonyl (C=O) groups excluding carboxylic acids is 2. The van der Waals surface area contributed by atoms with E-state index in [2.05, 4.69) is 20.6 Å². The molecule has 3 rings (SSSR count). The summed E-state index contributed by atoms with van der Waals surface area (Å²) < 4.78 is 19.4. The molecule has 0 saturated carbocycles. The number of aliphatic hydroxyl groups excluding tert-OH is 1. The minimum Gasteiger partial charge on any atom is -0.444 e. The molecule has 0 aliphatic rings. The Balaban J connectivity index is 2.09. The number of hydrogen-bond acceptors (Lipinski definition) is 6. The maximum atomic E-state index is 14.1. The van der Waals surface area contributed by atoms with Gasteiger partial charge in [0.1, 0.15) is 11.4 Å². The molecule has 174 valence electrons. The predicted octanol–water partition coefficient (Wildman–Crippen LogP) is 3.23. The molecule has 8 nitrogen and oxygen atoms in total. The SMILES string of the molecule is CC(C)(C)OC(=O)NCCc1nc2ccc(F)cc2c(C(=O)NCCO)c1-c1ccccn1. The Morgan fingerprint density at radius 2 is 1.91 bits per heavy atom. The van der Waals surface area contributed by atoms with Crippen molar-refractivity contribution in [1.29, 1.82) is 0 Å². The molecule has 3 N–H and O–H groups in total. The molecule has 9 heteroatoms. The highest BCUT2D eigenvalue weighted by Gasteiger charge is 2.23. The molecule has 0 spiro atoms. The maximum absolute atomic E-state index is 14.1. The second-order valence-electron chi connectivity index (χ2n) is 8.34. The van der Waals surface area contributed by atoms with Gasteiger partial charge in [-0.05, 0) is 51.1 Å². The average Bonchev–Trinajstić information content (AvgIpc) is 2.76. The van der Waals surface area contributed by atoms with Gasteiger partial charge in [-0.1, -0.05) is 6.07 Å². The fraction of sp³-hybridized carbons (Fsp3) is 0.333. The Morgan fingerprint density at radius 1 is 1.12 bits per heavy atom. The van der Waals surface area contributed by atoms with Gasteiger partial charge in [0.2, 0.25) is 0 Å². The number of nitrogens with one attached hydrogen (secondary N) is 2. The topological polar surface area (TPSA) is 113 Å². The molecule has 0 saturated heterocycles. The van der Waals surface area contributed by atoms with Crippen molar-refractivity contribution in [3.8, 4) is 11.3 Å². The van der Waals surface area contributed by atoms with Gasteiger partial charge < -0.3 is 20.5 Å². The number of ether oxygens (including phenoxy) is 1. The van der Waals surface area contributed by atoms with Crippen LogP contribution in [-0.2, 0) is 11.2 Å². The second-order valence-corrected chi connectivity index (χ2v) is 8.34. The van der Waals surface area contributed by atoms with Crippen LogP contribution in [0.1, 0.15) is 36.8 Å². The zero-order chi connectivity index (χ0) is 24.0. The van der Waals surface area contributed by atoms with E-state index in [1.807, 2.05) is 0 Å². The maximum Gasteiger partial charge on any atom is 0.407 e. The van der Waals surface area contributed by atoms with Crippen molar-refractivity contribution < 1.29 is 23.8 Å². The number of hydrogen-bond donors (Lipinski definition) is 3. The quantitative estimate of drug-likeness (QED) is 0.505. The van der Waals surface area contributed by atoms with E-state index in [0.717, 1.165) is 0 Å². The van der Waals surface area contributed by atoms with Crippen molar-refractivity contribution in [2.75, 3.05) is 19.7 Å². The van der Waals surface area contributed by atoms with Crippen molar-refractivity contribution in [3.05, 3.63) is 59.7 Å². The molecule has 33 heavy (non-hydrogen) atoms. The molecule has 0 radical (unpaired) electrons. The van der Waals surface area contributed by atoms with E-state index >= 15 is 0 Å². The highest BCUT2D eigenvalue weighted by atomic mass is 19.1. The molecule has 2 aromatic heterocycles. The van der Waals surface area contributed by atoms with Crippen molar-refractivity contribution >= 4 is 22.9 Å². The minimum atomic E-state index is -0.633. The lowest BCUT2D eigenvalue weighted by molar-refractivity contribution is 0.0528. The molecule has 0 bridgehead atoms. The van der Waals surface area contributed by atoms with Crippen molar-refractivity contribution in [2.24, 2.45) is 0 Å². The van der Waals surface area contributed by atoms with E-state index in [9.17, 15) is 14.0 Å². The number of halogens is 1. The summed E-state index contributed by atoms with van der Waals surface area (Å²) >= 11 is 0. The number of aromatic nitrogens is 2. The van der Waals surface area contributed by atoms with Crippen LogP contribution in [-0.4, -0.2) is 52.4 Å². The molecule has 0 atom stereocenters. The van der Waals surface area contributed by atoms with Gasteiger partial charge in [-0.2, -0.15) is 0 Å². The van der Waals surface area contributed by atoms with Crippen LogP contribution < -0.4 is 10.6 Å². The summed E-state index contributed by atoms with van der Waals surface area (Å²) in [5.41, 5.74) is 1.44. The molecule has 2 amide bonds. The lowest BCUT2D eigenvalue weighted by Gasteiger charge is -2.20. The number of nitrogens with zero attached hydrogens (tertiary/aromatic N) is 2. The minimum absolute atomic E-state index is 0.0369. The van der Waals surface area contributed by atoms with Crippen LogP contribution in [0.5, 0.6) is 0 Å². The number of fused-ring (bicyclic) bond motifs is 1. The molecule has 0 fully saturated rings. The number of pyridine rings is 2. The Hall–Kier alpha value is -3.59. The Bertz CT molecular complexity index is 1150. The smallest absolute Gasteiger partial charge is 0.407 e. The molecule has 1 aromatic carbocycles. The van der Waals surface area contributed by atoms with Crippen LogP contribution in [0, 0.1) is 5.82 Å². The Morgan fingerprint density at radius 3 is 2.58 bits per heavy atom. The summed E-state index contributed by atoms with van der Waals surface area (Å²) in [5.74, 6) is -0.990. The monoisotopic (exact) mass is 454 g/mol. The summed E-state index contributed by atoms with van der Waals surface area (Å²) in [5, 5.41) is 14.8.